The third-order valence-electron chi connectivity index (χ3n) is 4.69. The van der Waals surface area contributed by atoms with Crippen molar-refractivity contribution in [2.45, 2.75) is 40.2 Å². The fourth-order valence-electron chi connectivity index (χ4n) is 3.46. The van der Waals surface area contributed by atoms with Gasteiger partial charge in [-0.25, -0.2) is 0 Å². The van der Waals surface area contributed by atoms with Gasteiger partial charge in [-0.15, -0.1) is 11.3 Å². The van der Waals surface area contributed by atoms with Crippen LogP contribution in [0.3, 0.4) is 0 Å². The van der Waals surface area contributed by atoms with Gasteiger partial charge >= 0.3 is 0 Å². The number of carbonyl (C=O) groups excluding carboxylic acids is 1. The molecule has 1 amide bonds. The zero-order valence-corrected chi connectivity index (χ0v) is 17.2. The van der Waals surface area contributed by atoms with Gasteiger partial charge in [-0.1, -0.05) is 0 Å². The number of rotatable bonds is 7. The van der Waals surface area contributed by atoms with Crippen LogP contribution < -0.4 is 14.2 Å². The van der Waals surface area contributed by atoms with E-state index >= 15 is 0 Å². The number of amides is 1. The third kappa shape index (κ3) is 3.90. The molecule has 1 atom stereocenters. The molecule has 0 bridgehead atoms. The molecule has 1 aromatic heterocycles. The molecule has 0 unspecified atom stereocenters. The maximum atomic E-state index is 13.3. The van der Waals surface area contributed by atoms with Crippen molar-refractivity contribution in [3.05, 3.63) is 39.6 Å². The van der Waals surface area contributed by atoms with Crippen LogP contribution in [0.15, 0.2) is 23.6 Å². The topological polar surface area (TPSA) is 48.0 Å². The van der Waals surface area contributed by atoms with Crippen LogP contribution in [0.4, 0.5) is 0 Å². The molecule has 27 heavy (non-hydrogen) atoms. The number of fused-ring (bicyclic) bond motifs is 1. The first kappa shape index (κ1) is 19.5. The Morgan fingerprint density at radius 3 is 2.33 bits per heavy atom. The zero-order valence-electron chi connectivity index (χ0n) is 16.4. The van der Waals surface area contributed by atoms with Crippen LogP contribution >= 0.6 is 11.3 Å². The number of carbonyl (C=O) groups is 1. The molecule has 1 aromatic carbocycles. The molecular weight excluding hydrogens is 362 g/mol. The highest BCUT2D eigenvalue weighted by Gasteiger charge is 2.30. The maximum Gasteiger partial charge on any atom is 0.254 e. The van der Waals surface area contributed by atoms with Crippen molar-refractivity contribution in [2.24, 2.45) is 0 Å². The molecule has 0 spiro atoms. The van der Waals surface area contributed by atoms with Crippen molar-refractivity contribution in [3.8, 4) is 17.2 Å². The lowest BCUT2D eigenvalue weighted by atomic mass is 10.00. The van der Waals surface area contributed by atoms with Crippen LogP contribution in [0.2, 0.25) is 0 Å². The van der Waals surface area contributed by atoms with Gasteiger partial charge in [-0.3, -0.25) is 4.79 Å². The minimum atomic E-state index is -0.00990. The molecule has 0 N–H and O–H groups in total. The normalized spacial score (nSPS) is 16.0. The van der Waals surface area contributed by atoms with Crippen LogP contribution in [-0.4, -0.2) is 37.2 Å². The number of thiophene rings is 1. The zero-order chi connectivity index (χ0) is 19.4. The second-order valence-corrected chi connectivity index (χ2v) is 7.32. The summed E-state index contributed by atoms with van der Waals surface area (Å²) in [5.74, 6) is 1.65. The van der Waals surface area contributed by atoms with E-state index in [1.807, 2.05) is 25.7 Å². The van der Waals surface area contributed by atoms with Crippen LogP contribution in [0.1, 0.15) is 54.5 Å². The molecule has 3 rings (SSSR count). The summed E-state index contributed by atoms with van der Waals surface area (Å²) >= 11 is 1.77. The quantitative estimate of drug-likeness (QED) is 0.688. The fraction of sp³-hybridized carbons (Fsp3) is 0.476. The van der Waals surface area contributed by atoms with Gasteiger partial charge in [0.2, 0.25) is 5.75 Å². The maximum absolute atomic E-state index is 13.3. The molecule has 5 nitrogen and oxygen atoms in total. The summed E-state index contributed by atoms with van der Waals surface area (Å²) in [6, 6.07) is 5.73. The summed E-state index contributed by atoms with van der Waals surface area (Å²) in [6.45, 7) is 10.0. The van der Waals surface area contributed by atoms with Gasteiger partial charge in [0.05, 0.1) is 25.9 Å². The van der Waals surface area contributed by atoms with E-state index in [0.29, 0.717) is 49.2 Å². The Hall–Kier alpha value is -2.21. The van der Waals surface area contributed by atoms with Gasteiger partial charge in [-0.2, -0.15) is 0 Å². The monoisotopic (exact) mass is 389 g/mol. The Bertz CT molecular complexity index is 774. The third-order valence-corrected chi connectivity index (χ3v) is 5.69. The van der Waals surface area contributed by atoms with Gasteiger partial charge in [0.15, 0.2) is 11.5 Å². The molecule has 6 heteroatoms. The highest BCUT2D eigenvalue weighted by atomic mass is 32.1. The van der Waals surface area contributed by atoms with E-state index in [0.717, 1.165) is 6.42 Å². The highest BCUT2D eigenvalue weighted by molar-refractivity contribution is 7.10. The smallest absolute Gasteiger partial charge is 0.254 e. The molecule has 1 aliphatic heterocycles. The van der Waals surface area contributed by atoms with Crippen molar-refractivity contribution < 1.29 is 19.0 Å². The van der Waals surface area contributed by atoms with Crippen molar-refractivity contribution in [2.75, 3.05) is 26.4 Å². The summed E-state index contributed by atoms with van der Waals surface area (Å²) in [4.78, 5) is 16.6. The SMILES string of the molecule is CCOc1cc(C(=O)N2CCc3sccc3[C@H]2C)cc(OCC)c1OCC. The van der Waals surface area contributed by atoms with E-state index < -0.39 is 0 Å². The second kappa shape index (κ2) is 8.65. The van der Waals surface area contributed by atoms with E-state index in [4.69, 9.17) is 14.2 Å². The van der Waals surface area contributed by atoms with Crippen molar-refractivity contribution in [1.82, 2.24) is 4.90 Å². The Morgan fingerprint density at radius 2 is 1.74 bits per heavy atom. The van der Waals surface area contributed by atoms with Crippen LogP contribution in [0.25, 0.3) is 0 Å². The molecule has 0 saturated heterocycles. The number of benzene rings is 1. The summed E-state index contributed by atoms with van der Waals surface area (Å²) in [5, 5.41) is 2.10. The first-order valence-corrected chi connectivity index (χ1v) is 10.4. The molecule has 0 fully saturated rings. The summed E-state index contributed by atoms with van der Waals surface area (Å²) in [7, 11) is 0. The minimum absolute atomic E-state index is 0.00990. The summed E-state index contributed by atoms with van der Waals surface area (Å²) in [6.07, 6.45) is 0.900. The van der Waals surface area contributed by atoms with Crippen LogP contribution in [-0.2, 0) is 6.42 Å². The standard InChI is InChI=1S/C21H27NO4S/c1-5-24-17-12-15(13-18(25-6-2)20(17)26-7-3)21(23)22-10-8-19-16(14(22)4)9-11-27-19/h9,11-14H,5-8,10H2,1-4H3/t14-/m1/s1. The second-order valence-electron chi connectivity index (χ2n) is 6.32. The average molecular weight is 390 g/mol. The summed E-state index contributed by atoms with van der Waals surface area (Å²) < 4.78 is 17.2. The first-order valence-electron chi connectivity index (χ1n) is 9.54. The van der Waals surface area contributed by atoms with Gasteiger partial charge in [-0.05, 0) is 63.3 Å². The molecule has 146 valence electrons. The first-order chi connectivity index (χ1) is 13.1. The van der Waals surface area contributed by atoms with Crippen molar-refractivity contribution in [1.29, 1.82) is 0 Å². The van der Waals surface area contributed by atoms with Crippen LogP contribution in [0.5, 0.6) is 17.2 Å². The fourth-order valence-corrected chi connectivity index (χ4v) is 4.43. The lowest BCUT2D eigenvalue weighted by Gasteiger charge is -2.34. The summed E-state index contributed by atoms with van der Waals surface area (Å²) in [5.41, 5.74) is 1.82. The molecule has 2 aromatic rings. The molecule has 0 saturated carbocycles. The van der Waals surface area contributed by atoms with E-state index in [-0.39, 0.29) is 11.9 Å². The van der Waals surface area contributed by atoms with Crippen molar-refractivity contribution >= 4 is 17.2 Å². The number of hydrogen-bond donors (Lipinski definition) is 0. The highest BCUT2D eigenvalue weighted by Crippen LogP contribution is 2.40. The minimum Gasteiger partial charge on any atom is -0.490 e. The predicted octanol–water partition coefficient (Wildman–Crippen LogP) is 4.70. The van der Waals surface area contributed by atoms with Crippen molar-refractivity contribution in [3.63, 3.8) is 0 Å². The molecular formula is C21H27NO4S. The van der Waals surface area contributed by atoms with E-state index in [1.165, 1.54) is 10.4 Å². The molecule has 2 heterocycles. The Balaban J connectivity index is 1.96. The predicted molar refractivity (Wildman–Crippen MR) is 107 cm³/mol. The Kier molecular flexibility index (Phi) is 6.26. The van der Waals surface area contributed by atoms with Gasteiger partial charge in [0.25, 0.3) is 5.91 Å². The van der Waals surface area contributed by atoms with Gasteiger partial charge in [0, 0.05) is 17.0 Å². The van der Waals surface area contributed by atoms with Crippen LogP contribution in [0, 0.1) is 0 Å². The Labute approximate surface area is 164 Å². The largest absolute Gasteiger partial charge is 0.490 e. The van der Waals surface area contributed by atoms with Gasteiger partial charge < -0.3 is 19.1 Å². The number of nitrogens with zero attached hydrogens (tertiary/aromatic N) is 1. The Morgan fingerprint density at radius 1 is 1.11 bits per heavy atom. The number of hydrogen-bond acceptors (Lipinski definition) is 5. The molecule has 1 aliphatic rings. The average Bonchev–Trinajstić information content (AvgIpc) is 3.14. The molecule has 0 radical (unpaired) electrons. The van der Waals surface area contributed by atoms with Gasteiger partial charge in [0.1, 0.15) is 0 Å². The van der Waals surface area contributed by atoms with E-state index in [1.54, 1.807) is 23.5 Å². The number of ether oxygens (including phenoxy) is 3. The molecule has 0 aliphatic carbocycles. The van der Waals surface area contributed by atoms with E-state index in [2.05, 4.69) is 18.4 Å². The lowest BCUT2D eigenvalue weighted by Crippen LogP contribution is -2.38. The van der Waals surface area contributed by atoms with E-state index in [9.17, 15) is 4.79 Å². The lowest BCUT2D eigenvalue weighted by molar-refractivity contribution is 0.0678.